The molecule has 3 rings (SSSR count). The number of benzene rings is 3. The average Bonchev–Trinajstić information content (AvgIpc) is 2.75. The van der Waals surface area contributed by atoms with E-state index in [9.17, 15) is 23.3 Å². The zero-order chi connectivity index (χ0) is 22.6. The van der Waals surface area contributed by atoms with Gasteiger partial charge in [0.15, 0.2) is 4.90 Å². The SMILES string of the molecule is O=C(CN(c1ccccc1)S(=O)(=O)c1ccccc1[N+](=O)[O-])Nc1cc(Cl)ccc1Cl. The summed E-state index contributed by atoms with van der Waals surface area (Å²) in [4.78, 5) is 22.8. The van der Waals surface area contributed by atoms with Crippen LogP contribution >= 0.6 is 23.2 Å². The van der Waals surface area contributed by atoms with Gasteiger partial charge in [-0.05, 0) is 36.4 Å². The highest BCUT2D eigenvalue weighted by molar-refractivity contribution is 7.93. The lowest BCUT2D eigenvalue weighted by molar-refractivity contribution is -0.387. The van der Waals surface area contributed by atoms with E-state index in [0.29, 0.717) is 5.02 Å². The van der Waals surface area contributed by atoms with E-state index >= 15 is 0 Å². The first kappa shape index (κ1) is 22.5. The van der Waals surface area contributed by atoms with Gasteiger partial charge < -0.3 is 5.32 Å². The minimum atomic E-state index is -4.46. The van der Waals surface area contributed by atoms with Crippen molar-refractivity contribution < 1.29 is 18.1 Å². The minimum Gasteiger partial charge on any atom is -0.323 e. The van der Waals surface area contributed by atoms with Crippen LogP contribution in [0.2, 0.25) is 10.0 Å². The maximum Gasteiger partial charge on any atom is 0.289 e. The fraction of sp³-hybridized carbons (Fsp3) is 0.0500. The summed E-state index contributed by atoms with van der Waals surface area (Å²) in [5.41, 5.74) is -0.231. The molecule has 0 radical (unpaired) electrons. The monoisotopic (exact) mass is 479 g/mol. The molecular weight excluding hydrogens is 465 g/mol. The van der Waals surface area contributed by atoms with Gasteiger partial charge in [-0.3, -0.25) is 19.2 Å². The molecule has 31 heavy (non-hydrogen) atoms. The van der Waals surface area contributed by atoms with Gasteiger partial charge in [0.2, 0.25) is 5.91 Å². The van der Waals surface area contributed by atoms with E-state index in [1.807, 2.05) is 0 Å². The van der Waals surface area contributed by atoms with Crippen molar-refractivity contribution in [1.29, 1.82) is 0 Å². The van der Waals surface area contributed by atoms with Crippen LogP contribution in [0, 0.1) is 10.1 Å². The Labute approximate surface area is 188 Å². The largest absolute Gasteiger partial charge is 0.323 e. The molecule has 0 aliphatic heterocycles. The van der Waals surface area contributed by atoms with Gasteiger partial charge in [-0.15, -0.1) is 0 Å². The second-order valence-electron chi connectivity index (χ2n) is 6.24. The Hall–Kier alpha value is -3.14. The smallest absolute Gasteiger partial charge is 0.289 e. The summed E-state index contributed by atoms with van der Waals surface area (Å²) < 4.78 is 27.5. The van der Waals surface area contributed by atoms with Crippen molar-refractivity contribution >= 4 is 56.2 Å². The second kappa shape index (κ2) is 9.34. The number of hydrogen-bond acceptors (Lipinski definition) is 5. The van der Waals surface area contributed by atoms with Gasteiger partial charge in [-0.2, -0.15) is 0 Å². The van der Waals surface area contributed by atoms with Crippen LogP contribution in [0.15, 0.2) is 77.7 Å². The highest BCUT2D eigenvalue weighted by Crippen LogP contribution is 2.30. The summed E-state index contributed by atoms with van der Waals surface area (Å²) in [5.74, 6) is -0.713. The first-order valence-corrected chi connectivity index (χ1v) is 11.0. The molecule has 11 heteroatoms. The molecule has 3 aromatic rings. The van der Waals surface area contributed by atoms with Crippen LogP contribution in [0.5, 0.6) is 0 Å². The topological polar surface area (TPSA) is 110 Å². The Morgan fingerprint density at radius 2 is 1.65 bits per heavy atom. The van der Waals surface area contributed by atoms with Gasteiger partial charge in [0.25, 0.3) is 15.7 Å². The molecule has 0 aromatic heterocycles. The summed E-state index contributed by atoms with van der Waals surface area (Å²) in [7, 11) is -4.46. The number of anilines is 2. The maximum atomic E-state index is 13.4. The van der Waals surface area contributed by atoms with Crippen LogP contribution in [0.1, 0.15) is 0 Å². The minimum absolute atomic E-state index is 0.160. The van der Waals surface area contributed by atoms with Crippen molar-refractivity contribution in [2.24, 2.45) is 0 Å². The van der Waals surface area contributed by atoms with Crippen LogP contribution in [0.4, 0.5) is 17.1 Å². The molecule has 1 amide bonds. The highest BCUT2D eigenvalue weighted by atomic mass is 35.5. The molecule has 0 unspecified atom stereocenters. The third-order valence-corrected chi connectivity index (χ3v) is 6.55. The van der Waals surface area contributed by atoms with Crippen molar-refractivity contribution in [1.82, 2.24) is 0 Å². The normalized spacial score (nSPS) is 11.0. The van der Waals surface area contributed by atoms with E-state index in [1.165, 1.54) is 42.5 Å². The van der Waals surface area contributed by atoms with Crippen molar-refractivity contribution in [2.75, 3.05) is 16.2 Å². The van der Waals surface area contributed by atoms with Crippen LogP contribution in [-0.4, -0.2) is 25.8 Å². The molecule has 0 heterocycles. The number of nitro groups is 1. The number of rotatable bonds is 7. The number of halogens is 2. The van der Waals surface area contributed by atoms with Crippen LogP contribution in [-0.2, 0) is 14.8 Å². The molecule has 1 N–H and O–H groups in total. The lowest BCUT2D eigenvalue weighted by Gasteiger charge is -2.24. The Bertz CT molecular complexity index is 1240. The predicted octanol–water partition coefficient (Wildman–Crippen LogP) is 4.74. The van der Waals surface area contributed by atoms with Gasteiger partial charge in [0.1, 0.15) is 6.54 Å². The van der Waals surface area contributed by atoms with Crippen LogP contribution in [0.3, 0.4) is 0 Å². The van der Waals surface area contributed by atoms with Crippen molar-refractivity contribution in [3.05, 3.63) is 93.0 Å². The van der Waals surface area contributed by atoms with Gasteiger partial charge in [0, 0.05) is 11.1 Å². The van der Waals surface area contributed by atoms with E-state index in [1.54, 1.807) is 18.2 Å². The summed E-state index contributed by atoms with van der Waals surface area (Å²) in [5, 5.41) is 14.4. The third-order valence-electron chi connectivity index (χ3n) is 4.16. The Balaban J connectivity index is 2.01. The third kappa shape index (κ3) is 5.13. The molecule has 0 fully saturated rings. The van der Waals surface area contributed by atoms with Crippen molar-refractivity contribution in [3.63, 3.8) is 0 Å². The van der Waals surface area contributed by atoms with Crippen LogP contribution in [0.25, 0.3) is 0 Å². The van der Waals surface area contributed by atoms with Crippen molar-refractivity contribution in [3.8, 4) is 0 Å². The molecule has 3 aromatic carbocycles. The first-order chi connectivity index (χ1) is 14.7. The van der Waals surface area contributed by atoms with E-state index in [0.717, 1.165) is 16.4 Å². The lowest BCUT2D eigenvalue weighted by Crippen LogP contribution is -2.38. The van der Waals surface area contributed by atoms with E-state index in [2.05, 4.69) is 5.32 Å². The molecule has 0 saturated heterocycles. The highest BCUT2D eigenvalue weighted by Gasteiger charge is 2.33. The second-order valence-corrected chi connectivity index (χ2v) is 8.92. The number of carbonyl (C=O) groups excluding carboxylic acids is 1. The lowest BCUT2D eigenvalue weighted by atomic mass is 10.3. The van der Waals surface area contributed by atoms with Crippen LogP contribution < -0.4 is 9.62 Å². The molecule has 0 aliphatic carbocycles. The molecule has 0 bridgehead atoms. The number of amides is 1. The molecule has 0 spiro atoms. The summed E-state index contributed by atoms with van der Waals surface area (Å²) >= 11 is 12.0. The number of hydrogen-bond donors (Lipinski definition) is 1. The summed E-state index contributed by atoms with van der Waals surface area (Å²) in [6.07, 6.45) is 0. The summed E-state index contributed by atoms with van der Waals surface area (Å²) in [6.45, 7) is -0.652. The standard InChI is InChI=1S/C20H15Cl2N3O5S/c21-14-10-11-16(22)17(12-14)23-20(26)13-24(15-6-2-1-3-7-15)31(29,30)19-9-5-4-8-18(19)25(27)28/h1-12H,13H2,(H,23,26). The van der Waals surface area contributed by atoms with Gasteiger partial charge in [-0.25, -0.2) is 8.42 Å². The number of nitro benzene ring substituents is 1. The average molecular weight is 480 g/mol. The molecule has 0 atom stereocenters. The fourth-order valence-electron chi connectivity index (χ4n) is 2.77. The van der Waals surface area contributed by atoms with Gasteiger partial charge >= 0.3 is 0 Å². The molecule has 0 aliphatic rings. The number of carbonyl (C=O) groups is 1. The van der Waals surface area contributed by atoms with Crippen molar-refractivity contribution in [2.45, 2.75) is 4.90 Å². The Morgan fingerprint density at radius 1 is 1.00 bits per heavy atom. The zero-order valence-electron chi connectivity index (χ0n) is 15.7. The first-order valence-electron chi connectivity index (χ1n) is 8.76. The zero-order valence-corrected chi connectivity index (χ0v) is 18.1. The Morgan fingerprint density at radius 3 is 2.32 bits per heavy atom. The molecule has 160 valence electrons. The summed E-state index contributed by atoms with van der Waals surface area (Å²) in [6, 6.07) is 17.2. The number of nitrogens with zero attached hydrogens (tertiary/aromatic N) is 2. The number of nitrogens with one attached hydrogen (secondary N) is 1. The Kier molecular flexibility index (Phi) is 6.79. The van der Waals surface area contributed by atoms with E-state index in [-0.39, 0.29) is 16.4 Å². The van der Waals surface area contributed by atoms with Gasteiger partial charge in [0.05, 0.1) is 21.3 Å². The number of sulfonamides is 1. The predicted molar refractivity (Wildman–Crippen MR) is 119 cm³/mol. The molecule has 8 nitrogen and oxygen atoms in total. The molecule has 0 saturated carbocycles. The quantitative estimate of drug-likeness (QED) is 0.388. The van der Waals surface area contributed by atoms with E-state index in [4.69, 9.17) is 23.2 Å². The maximum absolute atomic E-state index is 13.4. The van der Waals surface area contributed by atoms with E-state index < -0.39 is 38.0 Å². The fourth-order valence-corrected chi connectivity index (χ4v) is 4.69. The number of para-hydroxylation sites is 2. The molecular formula is C20H15Cl2N3O5S. The van der Waals surface area contributed by atoms with Gasteiger partial charge in [-0.1, -0.05) is 53.5 Å².